The predicted molar refractivity (Wildman–Crippen MR) is 75.5 cm³/mol. The third-order valence-electron chi connectivity index (χ3n) is 3.52. The normalized spacial score (nSPS) is 14.5. The van der Waals surface area contributed by atoms with E-state index in [4.69, 9.17) is 5.11 Å². The van der Waals surface area contributed by atoms with Gasteiger partial charge in [0.15, 0.2) is 0 Å². The predicted octanol–water partition coefficient (Wildman–Crippen LogP) is 1.29. The minimum Gasteiger partial charge on any atom is -0.395 e. The van der Waals surface area contributed by atoms with Crippen molar-refractivity contribution in [1.29, 1.82) is 5.26 Å². The van der Waals surface area contributed by atoms with E-state index >= 15 is 0 Å². The third-order valence-corrected chi connectivity index (χ3v) is 3.52. The Kier molecular flexibility index (Phi) is 4.23. The van der Waals surface area contributed by atoms with Gasteiger partial charge in [-0.3, -0.25) is 0 Å². The zero-order valence-electron chi connectivity index (χ0n) is 11.6. The SMILES string of the molecule is Cc1cc(N2CCCC2)nc(N(C)CCO)c1C#N. The van der Waals surface area contributed by atoms with Crippen molar-refractivity contribution < 1.29 is 5.11 Å². The third kappa shape index (κ3) is 2.79. The van der Waals surface area contributed by atoms with Crippen LogP contribution in [0.15, 0.2) is 6.07 Å². The second kappa shape index (κ2) is 5.89. The molecule has 102 valence electrons. The number of aromatic nitrogens is 1. The van der Waals surface area contributed by atoms with E-state index in [1.54, 1.807) is 0 Å². The van der Waals surface area contributed by atoms with Gasteiger partial charge in [-0.15, -0.1) is 0 Å². The molecule has 0 amide bonds. The molecular weight excluding hydrogens is 240 g/mol. The van der Waals surface area contributed by atoms with Gasteiger partial charge in [0, 0.05) is 26.7 Å². The van der Waals surface area contributed by atoms with E-state index < -0.39 is 0 Å². The number of anilines is 2. The molecule has 1 aliphatic rings. The Labute approximate surface area is 114 Å². The highest BCUT2D eigenvalue weighted by atomic mass is 16.3. The van der Waals surface area contributed by atoms with E-state index in [9.17, 15) is 5.26 Å². The summed E-state index contributed by atoms with van der Waals surface area (Å²) < 4.78 is 0. The smallest absolute Gasteiger partial charge is 0.149 e. The minimum absolute atomic E-state index is 0.0516. The fraction of sp³-hybridized carbons (Fsp3) is 0.571. The largest absolute Gasteiger partial charge is 0.395 e. The molecule has 5 nitrogen and oxygen atoms in total. The van der Waals surface area contributed by atoms with E-state index in [2.05, 4.69) is 16.0 Å². The van der Waals surface area contributed by atoms with Gasteiger partial charge in [0.25, 0.3) is 0 Å². The summed E-state index contributed by atoms with van der Waals surface area (Å²) in [6.07, 6.45) is 2.39. The summed E-state index contributed by atoms with van der Waals surface area (Å²) in [6.45, 7) is 4.53. The molecule has 0 radical (unpaired) electrons. The van der Waals surface area contributed by atoms with Gasteiger partial charge in [-0.25, -0.2) is 4.98 Å². The van der Waals surface area contributed by atoms with Crippen LogP contribution < -0.4 is 9.80 Å². The maximum Gasteiger partial charge on any atom is 0.149 e. The number of rotatable bonds is 4. The summed E-state index contributed by atoms with van der Waals surface area (Å²) in [5.41, 5.74) is 1.54. The molecule has 19 heavy (non-hydrogen) atoms. The van der Waals surface area contributed by atoms with Crippen LogP contribution in [-0.2, 0) is 0 Å². The lowest BCUT2D eigenvalue weighted by Crippen LogP contribution is -2.26. The van der Waals surface area contributed by atoms with E-state index in [1.165, 1.54) is 12.8 Å². The van der Waals surface area contributed by atoms with Crippen LogP contribution in [-0.4, -0.2) is 43.4 Å². The number of aliphatic hydroxyl groups excluding tert-OH is 1. The number of nitrogens with zero attached hydrogens (tertiary/aromatic N) is 4. The Morgan fingerprint density at radius 2 is 2.16 bits per heavy atom. The molecule has 1 aromatic heterocycles. The molecular formula is C14H20N4O. The second-order valence-electron chi connectivity index (χ2n) is 4.95. The second-order valence-corrected chi connectivity index (χ2v) is 4.95. The molecule has 0 aromatic carbocycles. The van der Waals surface area contributed by atoms with Gasteiger partial charge in [-0.05, 0) is 31.4 Å². The zero-order valence-corrected chi connectivity index (χ0v) is 11.6. The fourth-order valence-electron chi connectivity index (χ4n) is 2.42. The topological polar surface area (TPSA) is 63.4 Å². The van der Waals surface area contributed by atoms with E-state index in [0.717, 1.165) is 24.5 Å². The minimum atomic E-state index is 0.0516. The first-order valence-corrected chi connectivity index (χ1v) is 6.66. The molecule has 1 N–H and O–H groups in total. The van der Waals surface area contributed by atoms with Crippen LogP contribution in [0.3, 0.4) is 0 Å². The van der Waals surface area contributed by atoms with Crippen molar-refractivity contribution in [2.75, 3.05) is 43.1 Å². The Morgan fingerprint density at radius 1 is 1.47 bits per heavy atom. The highest BCUT2D eigenvalue weighted by Crippen LogP contribution is 2.27. The molecule has 0 aliphatic carbocycles. The fourth-order valence-corrected chi connectivity index (χ4v) is 2.42. The van der Waals surface area contributed by atoms with Crippen molar-refractivity contribution >= 4 is 11.6 Å². The van der Waals surface area contributed by atoms with Crippen molar-refractivity contribution in [1.82, 2.24) is 4.98 Å². The average molecular weight is 260 g/mol. The lowest BCUT2D eigenvalue weighted by Gasteiger charge is -2.23. The van der Waals surface area contributed by atoms with Crippen molar-refractivity contribution in [2.24, 2.45) is 0 Å². The lowest BCUT2D eigenvalue weighted by molar-refractivity contribution is 0.304. The monoisotopic (exact) mass is 260 g/mol. The molecule has 5 heteroatoms. The number of aliphatic hydroxyl groups is 1. The van der Waals surface area contributed by atoms with Gasteiger partial charge in [0.1, 0.15) is 17.7 Å². The quantitative estimate of drug-likeness (QED) is 0.884. The van der Waals surface area contributed by atoms with Gasteiger partial charge < -0.3 is 14.9 Å². The van der Waals surface area contributed by atoms with Gasteiger partial charge in [0.2, 0.25) is 0 Å². The summed E-state index contributed by atoms with van der Waals surface area (Å²) >= 11 is 0. The number of hydrogen-bond acceptors (Lipinski definition) is 5. The van der Waals surface area contributed by atoms with Crippen molar-refractivity contribution in [3.63, 3.8) is 0 Å². The molecule has 0 unspecified atom stereocenters. The summed E-state index contributed by atoms with van der Waals surface area (Å²) in [5, 5.41) is 18.3. The summed E-state index contributed by atoms with van der Waals surface area (Å²) in [4.78, 5) is 8.72. The molecule has 1 aromatic rings. The summed E-state index contributed by atoms with van der Waals surface area (Å²) in [6, 6.07) is 4.20. The van der Waals surface area contributed by atoms with Crippen LogP contribution in [0, 0.1) is 18.3 Å². The number of likely N-dealkylation sites (N-methyl/N-ethyl adjacent to an activating group) is 1. The van der Waals surface area contributed by atoms with Crippen LogP contribution in [0.2, 0.25) is 0 Å². The molecule has 0 saturated carbocycles. The van der Waals surface area contributed by atoms with Crippen molar-refractivity contribution in [3.05, 3.63) is 17.2 Å². The molecule has 1 fully saturated rings. The maximum absolute atomic E-state index is 9.28. The van der Waals surface area contributed by atoms with Gasteiger partial charge in [0.05, 0.1) is 12.2 Å². The first-order chi connectivity index (χ1) is 9.17. The van der Waals surface area contributed by atoms with Crippen molar-refractivity contribution in [3.8, 4) is 6.07 Å². The Balaban J connectivity index is 2.40. The Bertz CT molecular complexity index is 489. The number of hydrogen-bond donors (Lipinski definition) is 1. The molecule has 1 aliphatic heterocycles. The van der Waals surface area contributed by atoms with Gasteiger partial charge in [-0.2, -0.15) is 5.26 Å². The van der Waals surface area contributed by atoms with Gasteiger partial charge in [-0.1, -0.05) is 0 Å². The molecule has 0 atom stereocenters. The van der Waals surface area contributed by atoms with Crippen molar-refractivity contribution in [2.45, 2.75) is 19.8 Å². The molecule has 0 spiro atoms. The highest BCUT2D eigenvalue weighted by molar-refractivity contribution is 5.62. The van der Waals surface area contributed by atoms with E-state index in [1.807, 2.05) is 24.9 Å². The van der Waals surface area contributed by atoms with Crippen LogP contribution in [0.5, 0.6) is 0 Å². The Hall–Kier alpha value is -1.80. The summed E-state index contributed by atoms with van der Waals surface area (Å²) in [5.74, 6) is 1.60. The lowest BCUT2D eigenvalue weighted by atomic mass is 10.1. The summed E-state index contributed by atoms with van der Waals surface area (Å²) in [7, 11) is 1.85. The number of pyridine rings is 1. The first kappa shape index (κ1) is 13.6. The van der Waals surface area contributed by atoms with Gasteiger partial charge >= 0.3 is 0 Å². The molecule has 1 saturated heterocycles. The number of nitriles is 1. The standard InChI is InChI=1S/C14H20N4O/c1-11-9-13(18-5-3-4-6-18)16-14(12(11)10-15)17(2)7-8-19/h9,19H,3-8H2,1-2H3. The molecule has 0 bridgehead atoms. The molecule has 2 rings (SSSR count). The Morgan fingerprint density at radius 3 is 2.74 bits per heavy atom. The maximum atomic E-state index is 9.28. The molecule has 2 heterocycles. The zero-order chi connectivity index (χ0) is 13.8. The van der Waals surface area contributed by atoms with E-state index in [0.29, 0.717) is 17.9 Å². The average Bonchev–Trinajstić information content (AvgIpc) is 2.92. The van der Waals surface area contributed by atoms with Crippen LogP contribution >= 0.6 is 0 Å². The van der Waals surface area contributed by atoms with Crippen LogP contribution in [0.25, 0.3) is 0 Å². The van der Waals surface area contributed by atoms with Crippen LogP contribution in [0.4, 0.5) is 11.6 Å². The van der Waals surface area contributed by atoms with E-state index in [-0.39, 0.29) is 6.61 Å². The highest BCUT2D eigenvalue weighted by Gasteiger charge is 2.19. The first-order valence-electron chi connectivity index (χ1n) is 6.66. The number of aryl methyl sites for hydroxylation is 1. The van der Waals surface area contributed by atoms with Crippen LogP contribution in [0.1, 0.15) is 24.0 Å².